The van der Waals surface area contributed by atoms with Crippen molar-refractivity contribution in [2.45, 2.75) is 44.0 Å². The summed E-state index contributed by atoms with van der Waals surface area (Å²) in [6.45, 7) is 2.96. The minimum absolute atomic E-state index is 0.0221. The molecule has 122 valence electrons. The molecule has 5 atom stereocenters. The van der Waals surface area contributed by atoms with Crippen LogP contribution in [0.25, 0.3) is 0 Å². The summed E-state index contributed by atoms with van der Waals surface area (Å²) < 4.78 is 21.4. The van der Waals surface area contributed by atoms with Crippen LogP contribution in [-0.4, -0.2) is 44.5 Å². The highest BCUT2D eigenvalue weighted by Gasteiger charge is 2.41. The van der Waals surface area contributed by atoms with Crippen LogP contribution in [0.4, 0.5) is 0 Å². The van der Waals surface area contributed by atoms with Gasteiger partial charge in [0, 0.05) is 11.6 Å². The molecule has 0 amide bonds. The summed E-state index contributed by atoms with van der Waals surface area (Å²) in [6, 6.07) is 9.97. The number of rotatable bonds is 2. The van der Waals surface area contributed by atoms with Crippen LogP contribution in [0.3, 0.4) is 0 Å². The van der Waals surface area contributed by atoms with Crippen molar-refractivity contribution >= 4 is 6.47 Å². The molecule has 2 heterocycles. The number of nitrogens with two attached hydrogens (primary N) is 1. The average molecular weight is 309 g/mol. The second-order valence-electron chi connectivity index (χ2n) is 5.39. The quantitative estimate of drug-likeness (QED) is 0.832. The number of hydrogen-bond acceptors (Lipinski definition) is 6. The van der Waals surface area contributed by atoms with Gasteiger partial charge >= 0.3 is 0 Å². The molecule has 0 aromatic heterocycles. The number of carbonyl (C=O) groups is 1. The summed E-state index contributed by atoms with van der Waals surface area (Å²) in [5.74, 6) is 0. The van der Waals surface area contributed by atoms with Crippen LogP contribution >= 0.6 is 0 Å². The first kappa shape index (κ1) is 16.9. The number of carbonyl (C=O) groups excluding carboxylic acids is 1. The predicted octanol–water partition coefficient (Wildman–Crippen LogP) is 1.39. The lowest BCUT2D eigenvalue weighted by Gasteiger charge is -2.44. The van der Waals surface area contributed by atoms with E-state index in [2.05, 4.69) is 4.74 Å². The lowest BCUT2D eigenvalue weighted by molar-refractivity contribution is -0.290. The molecule has 22 heavy (non-hydrogen) atoms. The third-order valence-electron chi connectivity index (χ3n) is 3.66. The molecular weight excluding hydrogens is 286 g/mol. The highest BCUT2D eigenvalue weighted by Crippen LogP contribution is 2.32. The number of ether oxygens (including phenoxy) is 4. The summed E-state index contributed by atoms with van der Waals surface area (Å²) in [5, 5.41) is 0. The van der Waals surface area contributed by atoms with Crippen LogP contribution in [0.5, 0.6) is 0 Å². The summed E-state index contributed by atoms with van der Waals surface area (Å²) in [6.07, 6.45) is 0.587. The summed E-state index contributed by atoms with van der Waals surface area (Å²) in [5.41, 5.74) is 7.19. The summed E-state index contributed by atoms with van der Waals surface area (Å²) >= 11 is 0. The van der Waals surface area contributed by atoms with Gasteiger partial charge in [0.25, 0.3) is 6.47 Å². The van der Waals surface area contributed by atoms with Crippen LogP contribution in [0.1, 0.15) is 25.2 Å². The molecule has 3 rings (SSSR count). The molecule has 0 radical (unpaired) electrons. The van der Waals surface area contributed by atoms with E-state index in [1.165, 1.54) is 7.11 Å². The minimum Gasteiger partial charge on any atom is -0.471 e. The molecule has 0 aliphatic carbocycles. The van der Waals surface area contributed by atoms with Gasteiger partial charge in [0.15, 0.2) is 6.29 Å². The Bertz CT molecular complexity index is 455. The van der Waals surface area contributed by atoms with Crippen LogP contribution in [0.15, 0.2) is 30.3 Å². The fourth-order valence-electron chi connectivity index (χ4n) is 2.70. The molecule has 6 nitrogen and oxygen atoms in total. The van der Waals surface area contributed by atoms with Crippen LogP contribution in [0.2, 0.25) is 0 Å². The van der Waals surface area contributed by atoms with Gasteiger partial charge < -0.3 is 24.7 Å². The average Bonchev–Trinajstić information content (AvgIpc) is 2.55. The van der Waals surface area contributed by atoms with Gasteiger partial charge in [-0.15, -0.1) is 0 Å². The molecule has 2 saturated heterocycles. The monoisotopic (exact) mass is 309 g/mol. The van der Waals surface area contributed by atoms with Gasteiger partial charge in [0.05, 0.1) is 19.8 Å². The van der Waals surface area contributed by atoms with Crippen LogP contribution in [0, 0.1) is 0 Å². The van der Waals surface area contributed by atoms with Crippen molar-refractivity contribution in [3.63, 3.8) is 0 Å². The van der Waals surface area contributed by atoms with Crippen molar-refractivity contribution in [3.8, 4) is 0 Å². The van der Waals surface area contributed by atoms with E-state index in [0.29, 0.717) is 13.1 Å². The second kappa shape index (κ2) is 8.24. The van der Waals surface area contributed by atoms with E-state index < -0.39 is 0 Å². The van der Waals surface area contributed by atoms with E-state index in [0.717, 1.165) is 12.0 Å². The van der Waals surface area contributed by atoms with Crippen LogP contribution < -0.4 is 5.73 Å². The molecule has 2 aliphatic heterocycles. The van der Waals surface area contributed by atoms with Crippen LogP contribution in [-0.2, 0) is 23.7 Å². The minimum atomic E-state index is -0.324. The van der Waals surface area contributed by atoms with Crippen molar-refractivity contribution in [1.29, 1.82) is 0 Å². The van der Waals surface area contributed by atoms with Gasteiger partial charge in [-0.05, 0) is 13.3 Å². The molecule has 0 saturated carbocycles. The van der Waals surface area contributed by atoms with Crippen molar-refractivity contribution < 1.29 is 23.7 Å². The third-order valence-corrected chi connectivity index (χ3v) is 3.66. The zero-order valence-corrected chi connectivity index (χ0v) is 12.9. The molecule has 0 spiro atoms. The van der Waals surface area contributed by atoms with Crippen molar-refractivity contribution in [1.82, 2.24) is 0 Å². The zero-order valence-electron chi connectivity index (χ0n) is 12.9. The Morgan fingerprint density at radius 3 is 2.59 bits per heavy atom. The maximum atomic E-state index is 8.95. The Kier molecular flexibility index (Phi) is 6.33. The number of fused-ring (bicyclic) bond motifs is 1. The third kappa shape index (κ3) is 4.27. The Labute approximate surface area is 130 Å². The molecule has 1 aromatic carbocycles. The highest BCUT2D eigenvalue weighted by molar-refractivity contribution is 5.36. The van der Waals surface area contributed by atoms with E-state index in [4.69, 9.17) is 24.7 Å². The predicted molar refractivity (Wildman–Crippen MR) is 80.0 cm³/mol. The molecule has 1 aromatic rings. The normalized spacial score (nSPS) is 33.9. The van der Waals surface area contributed by atoms with Gasteiger partial charge in [-0.1, -0.05) is 30.3 Å². The van der Waals surface area contributed by atoms with E-state index in [1.807, 2.05) is 37.3 Å². The first-order valence-electron chi connectivity index (χ1n) is 7.35. The van der Waals surface area contributed by atoms with Crippen molar-refractivity contribution in [2.75, 3.05) is 13.7 Å². The Balaban J connectivity index is 0.000000396. The molecule has 2 aliphatic rings. The van der Waals surface area contributed by atoms with Gasteiger partial charge in [-0.3, -0.25) is 4.79 Å². The fraction of sp³-hybridized carbons (Fsp3) is 0.562. The first-order chi connectivity index (χ1) is 10.7. The molecule has 2 N–H and O–H groups in total. The number of benzene rings is 1. The molecule has 2 fully saturated rings. The Morgan fingerprint density at radius 2 is 1.95 bits per heavy atom. The van der Waals surface area contributed by atoms with Crippen molar-refractivity contribution in [2.24, 2.45) is 5.73 Å². The lowest BCUT2D eigenvalue weighted by atomic mass is 9.96. The topological polar surface area (TPSA) is 80.0 Å². The lowest BCUT2D eigenvalue weighted by Crippen LogP contribution is -2.57. The van der Waals surface area contributed by atoms with E-state index in [1.54, 1.807) is 0 Å². The fourth-order valence-corrected chi connectivity index (χ4v) is 2.70. The zero-order chi connectivity index (χ0) is 15.9. The highest BCUT2D eigenvalue weighted by atomic mass is 16.7. The summed E-state index contributed by atoms with van der Waals surface area (Å²) in [7, 11) is 1.31. The van der Waals surface area contributed by atoms with E-state index in [-0.39, 0.29) is 30.6 Å². The molecule has 6 heteroatoms. The largest absolute Gasteiger partial charge is 0.471 e. The van der Waals surface area contributed by atoms with E-state index in [9.17, 15) is 0 Å². The first-order valence-corrected chi connectivity index (χ1v) is 7.35. The standard InChI is InChI=1S/C14H19NO3.C2H4O2/c1-9-7-11(15)13-12(17-9)8-16-14(18-13)10-5-3-2-4-6-10;1-4-2-3/h2-6,9,11-14H,7-8,15H2,1H3;2H,1H3. The molecule has 0 bridgehead atoms. The van der Waals surface area contributed by atoms with Gasteiger partial charge in [-0.2, -0.15) is 0 Å². The molecular formula is C16H23NO5. The molecule has 5 unspecified atom stereocenters. The number of methoxy groups -OCH3 is 1. The number of hydrogen-bond donors (Lipinski definition) is 1. The van der Waals surface area contributed by atoms with E-state index >= 15 is 0 Å². The van der Waals surface area contributed by atoms with Gasteiger partial charge in [0.1, 0.15) is 12.2 Å². The SMILES string of the molecule is CC1CC(N)C2OC(c3ccccc3)OCC2O1.COC=O. The van der Waals surface area contributed by atoms with Gasteiger partial charge in [0.2, 0.25) is 0 Å². The maximum absolute atomic E-state index is 8.95. The second-order valence-corrected chi connectivity index (χ2v) is 5.39. The Hall–Kier alpha value is -1.47. The summed E-state index contributed by atoms with van der Waals surface area (Å²) in [4.78, 5) is 8.95. The van der Waals surface area contributed by atoms with Gasteiger partial charge in [-0.25, -0.2) is 0 Å². The Morgan fingerprint density at radius 1 is 1.27 bits per heavy atom. The maximum Gasteiger partial charge on any atom is 0.292 e. The smallest absolute Gasteiger partial charge is 0.292 e. The van der Waals surface area contributed by atoms with Crippen molar-refractivity contribution in [3.05, 3.63) is 35.9 Å².